The SMILES string of the molecule is Cc1ccc(-c2c(C)sc3nc(CSc4nnc(C)n4C4CCCCC4)[nH]c(=O)c23)cc1. The third-order valence-corrected chi connectivity index (χ3v) is 8.19. The molecule has 8 heteroatoms. The van der Waals surface area contributed by atoms with Crippen molar-refractivity contribution in [2.75, 3.05) is 0 Å². The smallest absolute Gasteiger partial charge is 0.260 e. The highest BCUT2D eigenvalue weighted by Crippen LogP contribution is 2.36. The van der Waals surface area contributed by atoms with Crippen LogP contribution in [0.4, 0.5) is 0 Å². The van der Waals surface area contributed by atoms with Crippen molar-refractivity contribution in [3.05, 3.63) is 56.7 Å². The molecule has 6 nitrogen and oxygen atoms in total. The summed E-state index contributed by atoms with van der Waals surface area (Å²) >= 11 is 3.19. The summed E-state index contributed by atoms with van der Waals surface area (Å²) in [5.41, 5.74) is 3.18. The second-order valence-corrected chi connectivity index (χ2v) is 10.7. The van der Waals surface area contributed by atoms with Crippen LogP contribution in [0.1, 0.15) is 60.2 Å². The summed E-state index contributed by atoms with van der Waals surface area (Å²) in [6, 6.07) is 8.79. The second-order valence-electron chi connectivity index (χ2n) is 8.57. The molecule has 0 aliphatic heterocycles. The van der Waals surface area contributed by atoms with Gasteiger partial charge in [-0.05, 0) is 39.2 Å². The Morgan fingerprint density at radius 1 is 1.09 bits per heavy atom. The number of aromatic nitrogens is 5. The number of thioether (sulfide) groups is 1. The normalized spacial score (nSPS) is 15.0. The Morgan fingerprint density at radius 3 is 2.59 bits per heavy atom. The van der Waals surface area contributed by atoms with Gasteiger partial charge < -0.3 is 9.55 Å². The summed E-state index contributed by atoms with van der Waals surface area (Å²) in [7, 11) is 0. The van der Waals surface area contributed by atoms with Crippen molar-refractivity contribution in [1.82, 2.24) is 24.7 Å². The Hall–Kier alpha value is -2.45. The molecule has 0 spiro atoms. The first-order valence-corrected chi connectivity index (χ1v) is 12.9. The number of benzene rings is 1. The maximum Gasteiger partial charge on any atom is 0.260 e. The van der Waals surface area contributed by atoms with Crippen molar-refractivity contribution in [2.24, 2.45) is 0 Å². The quantitative estimate of drug-likeness (QED) is 0.368. The van der Waals surface area contributed by atoms with Crippen LogP contribution in [0, 0.1) is 20.8 Å². The number of thiophene rings is 1. The zero-order valence-corrected chi connectivity index (χ0v) is 20.3. The number of nitrogens with zero attached hydrogens (tertiary/aromatic N) is 4. The van der Waals surface area contributed by atoms with Crippen molar-refractivity contribution in [2.45, 2.75) is 69.8 Å². The molecule has 0 saturated heterocycles. The molecule has 0 unspecified atom stereocenters. The summed E-state index contributed by atoms with van der Waals surface area (Å²) in [6.45, 7) is 6.15. The maximum atomic E-state index is 13.1. The maximum absolute atomic E-state index is 13.1. The largest absolute Gasteiger partial charge is 0.309 e. The molecule has 1 fully saturated rings. The van der Waals surface area contributed by atoms with Crippen molar-refractivity contribution in [3.8, 4) is 11.1 Å². The minimum Gasteiger partial charge on any atom is -0.309 e. The molecule has 0 bridgehead atoms. The van der Waals surface area contributed by atoms with Crippen molar-refractivity contribution >= 4 is 33.3 Å². The highest BCUT2D eigenvalue weighted by molar-refractivity contribution is 7.98. The van der Waals surface area contributed by atoms with E-state index in [9.17, 15) is 4.79 Å². The Morgan fingerprint density at radius 2 is 1.84 bits per heavy atom. The number of rotatable bonds is 5. The van der Waals surface area contributed by atoms with Gasteiger partial charge in [-0.25, -0.2) is 4.98 Å². The topological polar surface area (TPSA) is 76.5 Å². The molecule has 4 aromatic rings. The van der Waals surface area contributed by atoms with E-state index in [2.05, 4.69) is 57.9 Å². The fourth-order valence-electron chi connectivity index (χ4n) is 4.64. The Balaban J connectivity index is 1.43. The van der Waals surface area contributed by atoms with Gasteiger partial charge in [0, 0.05) is 16.5 Å². The molecule has 166 valence electrons. The van der Waals surface area contributed by atoms with Gasteiger partial charge in [-0.3, -0.25) is 4.79 Å². The van der Waals surface area contributed by atoms with Crippen LogP contribution in [0.15, 0.2) is 34.2 Å². The number of hydrogen-bond acceptors (Lipinski definition) is 6. The molecular weight excluding hydrogens is 438 g/mol. The minimum absolute atomic E-state index is 0.0737. The van der Waals surface area contributed by atoms with E-state index in [1.54, 1.807) is 23.1 Å². The summed E-state index contributed by atoms with van der Waals surface area (Å²) in [4.78, 5) is 22.8. The molecule has 5 rings (SSSR count). The average molecular weight is 466 g/mol. The molecule has 1 aliphatic carbocycles. The van der Waals surface area contributed by atoms with E-state index < -0.39 is 0 Å². The number of fused-ring (bicyclic) bond motifs is 1. The first kappa shape index (κ1) is 21.4. The van der Waals surface area contributed by atoms with E-state index in [1.165, 1.54) is 37.7 Å². The minimum atomic E-state index is -0.0737. The van der Waals surface area contributed by atoms with Crippen LogP contribution < -0.4 is 5.56 Å². The van der Waals surface area contributed by atoms with E-state index >= 15 is 0 Å². The predicted molar refractivity (Wildman–Crippen MR) is 132 cm³/mol. The summed E-state index contributed by atoms with van der Waals surface area (Å²) < 4.78 is 2.28. The van der Waals surface area contributed by atoms with E-state index in [4.69, 9.17) is 4.98 Å². The molecule has 1 N–H and O–H groups in total. The highest BCUT2D eigenvalue weighted by atomic mass is 32.2. The standard InChI is InChI=1S/C24H27N5OS2/c1-14-9-11-17(12-10-14)20-15(2)32-23-21(20)22(30)25-19(26-23)13-31-24-28-27-16(3)29(24)18-7-5-4-6-8-18/h9-12,18H,4-8,13H2,1-3H3,(H,25,26,30). The number of nitrogens with one attached hydrogen (secondary N) is 1. The van der Waals surface area contributed by atoms with Gasteiger partial charge in [-0.2, -0.15) is 0 Å². The molecule has 1 aromatic carbocycles. The van der Waals surface area contributed by atoms with Gasteiger partial charge in [0.1, 0.15) is 16.5 Å². The number of aryl methyl sites for hydroxylation is 3. The zero-order chi connectivity index (χ0) is 22.2. The second kappa shape index (κ2) is 8.83. The van der Waals surface area contributed by atoms with E-state index in [0.717, 1.165) is 31.8 Å². The average Bonchev–Trinajstić information content (AvgIpc) is 3.32. The van der Waals surface area contributed by atoms with Gasteiger partial charge in [-0.15, -0.1) is 21.5 Å². The Labute approximate surface area is 195 Å². The molecule has 3 heterocycles. The van der Waals surface area contributed by atoms with Crippen molar-refractivity contribution in [1.29, 1.82) is 0 Å². The monoisotopic (exact) mass is 465 g/mol. The van der Waals surface area contributed by atoms with Gasteiger partial charge in [0.05, 0.1) is 11.1 Å². The van der Waals surface area contributed by atoms with E-state index in [-0.39, 0.29) is 5.56 Å². The van der Waals surface area contributed by atoms with Crippen molar-refractivity contribution < 1.29 is 0 Å². The van der Waals surface area contributed by atoms with Crippen molar-refractivity contribution in [3.63, 3.8) is 0 Å². The number of aromatic amines is 1. The molecule has 1 aliphatic rings. The lowest BCUT2D eigenvalue weighted by molar-refractivity contribution is 0.332. The third-order valence-electron chi connectivity index (χ3n) is 6.24. The van der Waals surface area contributed by atoms with Gasteiger partial charge >= 0.3 is 0 Å². The molecule has 0 amide bonds. The summed E-state index contributed by atoms with van der Waals surface area (Å²) in [6.07, 6.45) is 6.21. The van der Waals surface area contributed by atoms with Crippen LogP contribution in [-0.4, -0.2) is 24.7 Å². The molecule has 0 atom stereocenters. The Bertz CT molecular complexity index is 1310. The number of hydrogen-bond donors (Lipinski definition) is 1. The predicted octanol–water partition coefficient (Wildman–Crippen LogP) is 5.97. The van der Waals surface area contributed by atoms with E-state index in [0.29, 0.717) is 23.0 Å². The molecule has 3 aromatic heterocycles. The lowest BCUT2D eigenvalue weighted by Gasteiger charge is -2.24. The fourth-order valence-corrected chi connectivity index (χ4v) is 6.63. The zero-order valence-electron chi connectivity index (χ0n) is 18.6. The van der Waals surface area contributed by atoms with Crippen LogP contribution >= 0.6 is 23.1 Å². The lowest BCUT2D eigenvalue weighted by atomic mass is 9.95. The Kier molecular flexibility index (Phi) is 5.90. The van der Waals surface area contributed by atoms with Gasteiger partial charge in [0.2, 0.25) is 0 Å². The molecule has 32 heavy (non-hydrogen) atoms. The van der Waals surface area contributed by atoms with Crippen LogP contribution in [-0.2, 0) is 5.75 Å². The van der Waals surface area contributed by atoms with Crippen LogP contribution in [0.3, 0.4) is 0 Å². The van der Waals surface area contributed by atoms with Gasteiger partial charge in [0.15, 0.2) is 5.16 Å². The van der Waals surface area contributed by atoms with Crippen LogP contribution in [0.2, 0.25) is 0 Å². The van der Waals surface area contributed by atoms with Crippen LogP contribution in [0.25, 0.3) is 21.3 Å². The van der Waals surface area contributed by atoms with Gasteiger partial charge in [-0.1, -0.05) is 60.9 Å². The third kappa shape index (κ3) is 4.01. The fraction of sp³-hybridized carbons (Fsp3) is 0.417. The van der Waals surface area contributed by atoms with Gasteiger partial charge in [0.25, 0.3) is 5.56 Å². The molecule has 1 saturated carbocycles. The first-order valence-electron chi connectivity index (χ1n) is 11.1. The van der Waals surface area contributed by atoms with E-state index in [1.807, 2.05) is 6.92 Å². The molecule has 0 radical (unpaired) electrons. The highest BCUT2D eigenvalue weighted by Gasteiger charge is 2.22. The number of H-pyrrole nitrogens is 1. The lowest BCUT2D eigenvalue weighted by Crippen LogP contribution is -2.15. The first-order chi connectivity index (χ1) is 15.5. The molecular formula is C24H27N5OS2. The summed E-state index contributed by atoms with van der Waals surface area (Å²) in [5.74, 6) is 2.21. The van der Waals surface area contributed by atoms with Crippen LogP contribution in [0.5, 0.6) is 0 Å². The summed E-state index contributed by atoms with van der Waals surface area (Å²) in [5, 5.41) is 10.3.